The number of ether oxygens (including phenoxy) is 1. The molecule has 1 amide bonds. The summed E-state index contributed by atoms with van der Waals surface area (Å²) in [5, 5.41) is 49.5. The monoisotopic (exact) mass is 752 g/mol. The minimum absolute atomic E-state index is 0.0635. The molecule has 2 aromatic carbocycles. The molecule has 0 unspecified atom stereocenters. The number of hydrogen-bond acceptors (Lipinski definition) is 10. The van der Waals surface area contributed by atoms with Crippen molar-refractivity contribution in [2.45, 2.75) is 113 Å². The zero-order chi connectivity index (χ0) is 38.3. The van der Waals surface area contributed by atoms with E-state index in [9.17, 15) is 33.6 Å². The molecule has 2 aliphatic rings. The number of carbonyl (C=O) groups is 1. The molecule has 1 heterocycles. The maximum Gasteiger partial charge on any atom is 0.222 e. The molecule has 53 heavy (non-hydrogen) atoms. The lowest BCUT2D eigenvalue weighted by atomic mass is 9.84. The van der Waals surface area contributed by atoms with Crippen molar-refractivity contribution in [3.8, 4) is 16.9 Å². The van der Waals surface area contributed by atoms with Crippen LogP contribution in [0.4, 0.5) is 0 Å². The molecule has 12 heteroatoms. The molecule has 5 N–H and O–H groups in total. The van der Waals surface area contributed by atoms with E-state index < -0.39 is 47.4 Å². The van der Waals surface area contributed by atoms with Gasteiger partial charge in [-0.15, -0.1) is 0 Å². The first-order valence-electron chi connectivity index (χ1n) is 18.8. The van der Waals surface area contributed by atoms with Crippen molar-refractivity contribution in [2.75, 3.05) is 31.7 Å². The number of aromatic nitrogens is 1. The van der Waals surface area contributed by atoms with E-state index >= 15 is 0 Å². The molecule has 3 aromatic rings. The second kappa shape index (κ2) is 17.8. The molecule has 2 aliphatic carbocycles. The number of aryl methyl sites for hydroxylation is 2. The number of sulfone groups is 1. The normalized spacial score (nSPS) is 18.1. The van der Waals surface area contributed by atoms with Crippen LogP contribution in [0.3, 0.4) is 0 Å². The Bertz CT molecular complexity index is 1790. The van der Waals surface area contributed by atoms with Crippen molar-refractivity contribution in [2.24, 2.45) is 0 Å². The van der Waals surface area contributed by atoms with Crippen LogP contribution >= 0.6 is 0 Å². The maximum absolute atomic E-state index is 13.3. The van der Waals surface area contributed by atoms with Crippen molar-refractivity contribution in [3.63, 3.8) is 0 Å². The average molecular weight is 753 g/mol. The second-order valence-corrected chi connectivity index (χ2v) is 17.5. The minimum Gasteiger partial charge on any atom is -0.490 e. The van der Waals surface area contributed by atoms with E-state index in [0.717, 1.165) is 56.1 Å². The fourth-order valence-electron chi connectivity index (χ4n) is 7.03. The molecule has 0 bridgehead atoms. The molecule has 11 nitrogen and oxygen atoms in total. The van der Waals surface area contributed by atoms with Gasteiger partial charge in [0.2, 0.25) is 5.91 Å². The molecular weight excluding hydrogens is 697 g/mol. The van der Waals surface area contributed by atoms with Gasteiger partial charge in [0.05, 0.1) is 18.5 Å². The number of aliphatic hydroxyl groups excluding tert-OH is 5. The van der Waals surface area contributed by atoms with Gasteiger partial charge in [-0.1, -0.05) is 43.3 Å². The smallest absolute Gasteiger partial charge is 0.222 e. The summed E-state index contributed by atoms with van der Waals surface area (Å²) in [5.74, 6) is 0.361. The zero-order valence-corrected chi connectivity index (χ0v) is 31.9. The van der Waals surface area contributed by atoms with Crippen LogP contribution < -0.4 is 4.74 Å². The molecule has 5 rings (SSSR count). The third kappa shape index (κ3) is 11.1. The number of amides is 1. The van der Waals surface area contributed by atoms with Crippen LogP contribution in [-0.4, -0.2) is 112 Å². The zero-order valence-electron chi connectivity index (χ0n) is 31.1. The summed E-state index contributed by atoms with van der Waals surface area (Å²) in [4.78, 5) is 19.0. The second-order valence-electron chi connectivity index (χ2n) is 15.3. The van der Waals surface area contributed by atoms with E-state index in [1.807, 2.05) is 18.5 Å². The number of para-hydroxylation sites is 1. The van der Waals surface area contributed by atoms with Gasteiger partial charge in [0.15, 0.2) is 0 Å². The third-order valence-electron chi connectivity index (χ3n) is 10.9. The molecular formula is C41H56N2O9S. The molecule has 2 saturated carbocycles. The summed E-state index contributed by atoms with van der Waals surface area (Å²) < 4.78 is 30.0. The van der Waals surface area contributed by atoms with Gasteiger partial charge in [0.1, 0.15) is 40.0 Å². The van der Waals surface area contributed by atoms with E-state index in [2.05, 4.69) is 61.3 Å². The van der Waals surface area contributed by atoms with E-state index in [4.69, 9.17) is 9.84 Å². The number of nitrogens with zero attached hydrogens (tertiary/aromatic N) is 2. The Morgan fingerprint density at radius 1 is 1.02 bits per heavy atom. The van der Waals surface area contributed by atoms with Gasteiger partial charge in [-0.2, -0.15) is 0 Å². The summed E-state index contributed by atoms with van der Waals surface area (Å²) in [7, 11) is -3.43. The highest BCUT2D eigenvalue weighted by Crippen LogP contribution is 2.55. The first-order chi connectivity index (χ1) is 25.2. The van der Waals surface area contributed by atoms with Gasteiger partial charge in [-0.05, 0) is 110 Å². The van der Waals surface area contributed by atoms with Crippen LogP contribution in [0.15, 0.2) is 60.9 Å². The fraction of sp³-hybridized carbons (Fsp3) is 0.561. The maximum atomic E-state index is 13.3. The highest BCUT2D eigenvalue weighted by molar-refractivity contribution is 7.90. The van der Waals surface area contributed by atoms with Gasteiger partial charge in [-0.3, -0.25) is 9.78 Å². The molecule has 0 spiro atoms. The van der Waals surface area contributed by atoms with Crippen molar-refractivity contribution in [3.05, 3.63) is 83.2 Å². The Hall–Kier alpha value is -3.39. The molecule has 1 aromatic heterocycles. The summed E-state index contributed by atoms with van der Waals surface area (Å²) >= 11 is 0. The van der Waals surface area contributed by atoms with Gasteiger partial charge in [0.25, 0.3) is 0 Å². The van der Waals surface area contributed by atoms with Crippen LogP contribution in [0.25, 0.3) is 11.1 Å². The standard InChI is InChI=1S/C41H56N2O9S/c1-27(7-6-10-38(47)43(21-22-53(3,50)51)25-35(45)39(48)40(49)36(46)26-44)29-12-11-28(2)30(23-29)15-17-41(18-19-41)34-24-42-20-16-32(34)33-8-4-5-9-37(33)52-31-13-14-31/h4-5,8-9,11-12,16,20,23-24,27,31,35-36,39-40,44-46,48-49H,6-7,10,13-15,17-19,21-22,25-26H2,1-3H3/t27-,35-,36+,39+,40+/m0/s1. The molecule has 0 saturated heterocycles. The third-order valence-corrected chi connectivity index (χ3v) is 11.8. The predicted molar refractivity (Wildman–Crippen MR) is 203 cm³/mol. The van der Waals surface area contributed by atoms with E-state index in [1.54, 1.807) is 0 Å². The van der Waals surface area contributed by atoms with Gasteiger partial charge in [-0.25, -0.2) is 8.42 Å². The highest BCUT2D eigenvalue weighted by atomic mass is 32.2. The average Bonchev–Trinajstić information content (AvgIpc) is 4.09. The number of hydrogen-bond donors (Lipinski definition) is 5. The molecule has 0 aliphatic heterocycles. The number of carbonyl (C=O) groups excluding carboxylic acids is 1. The van der Waals surface area contributed by atoms with E-state index in [-0.39, 0.29) is 36.0 Å². The van der Waals surface area contributed by atoms with Crippen LogP contribution in [0.1, 0.15) is 86.5 Å². The largest absolute Gasteiger partial charge is 0.490 e. The summed E-state index contributed by atoms with van der Waals surface area (Å²) in [6.07, 6.45) is 5.88. The Balaban J connectivity index is 1.20. The first kappa shape index (κ1) is 40.8. The van der Waals surface area contributed by atoms with Crippen LogP contribution in [0.5, 0.6) is 5.75 Å². The van der Waals surface area contributed by atoms with Crippen molar-refractivity contribution < 1.29 is 43.5 Å². The molecule has 2 fully saturated rings. The number of benzene rings is 2. The molecule has 0 radical (unpaired) electrons. The Labute approximate surface area is 313 Å². The van der Waals surface area contributed by atoms with Crippen molar-refractivity contribution >= 4 is 15.7 Å². The lowest BCUT2D eigenvalue weighted by Gasteiger charge is -2.30. The Morgan fingerprint density at radius 3 is 2.42 bits per heavy atom. The molecule has 290 valence electrons. The lowest BCUT2D eigenvalue weighted by Crippen LogP contribution is -2.51. The van der Waals surface area contributed by atoms with Crippen LogP contribution in [0, 0.1) is 6.92 Å². The predicted octanol–water partition coefficient (Wildman–Crippen LogP) is 3.85. The van der Waals surface area contributed by atoms with Gasteiger partial charge in [0, 0.05) is 43.7 Å². The number of rotatable bonds is 21. The Kier molecular flexibility index (Phi) is 13.7. The van der Waals surface area contributed by atoms with Gasteiger partial charge >= 0.3 is 0 Å². The SMILES string of the molecule is Cc1ccc([C@@H](C)CCCC(=O)N(CCS(C)(=O)=O)C[C@H](O)[C@@H](O)[C@H](O)[C@H](O)CO)cc1CCC1(c2cnccc2-c2ccccc2OC2CC2)CC1. The highest BCUT2D eigenvalue weighted by Gasteiger charge is 2.45. The fourth-order valence-corrected chi connectivity index (χ4v) is 7.58. The quantitative estimate of drug-likeness (QED) is 0.107. The summed E-state index contributed by atoms with van der Waals surface area (Å²) in [6.45, 7) is 2.80. The minimum atomic E-state index is -3.43. The number of pyridine rings is 1. The Morgan fingerprint density at radius 2 is 1.74 bits per heavy atom. The van der Waals surface area contributed by atoms with Crippen molar-refractivity contribution in [1.82, 2.24) is 9.88 Å². The van der Waals surface area contributed by atoms with Crippen LogP contribution in [0.2, 0.25) is 0 Å². The number of aliphatic hydroxyl groups is 5. The first-order valence-corrected chi connectivity index (χ1v) is 20.9. The van der Waals surface area contributed by atoms with Crippen molar-refractivity contribution in [1.29, 1.82) is 0 Å². The van der Waals surface area contributed by atoms with E-state index in [1.165, 1.54) is 32.7 Å². The van der Waals surface area contributed by atoms with Crippen LogP contribution in [-0.2, 0) is 26.5 Å². The summed E-state index contributed by atoms with van der Waals surface area (Å²) in [5.41, 5.74) is 7.38. The summed E-state index contributed by atoms with van der Waals surface area (Å²) in [6, 6.07) is 17.0. The molecule has 5 atom stereocenters. The lowest BCUT2D eigenvalue weighted by molar-refractivity contribution is -0.139. The topological polar surface area (TPSA) is 178 Å². The van der Waals surface area contributed by atoms with E-state index in [0.29, 0.717) is 18.9 Å². The van der Waals surface area contributed by atoms with Gasteiger partial charge < -0.3 is 35.2 Å².